The molecule has 7 nitrogen and oxygen atoms in total. The zero-order chi connectivity index (χ0) is 25.0. The van der Waals surface area contributed by atoms with Gasteiger partial charge in [-0.25, -0.2) is 4.98 Å². The minimum atomic E-state index is -0.198. The van der Waals surface area contributed by atoms with Gasteiger partial charge in [-0.2, -0.15) is 0 Å². The van der Waals surface area contributed by atoms with Crippen LogP contribution < -0.4 is 21.1 Å². The second-order valence-corrected chi connectivity index (χ2v) is 11.0. The molecule has 2 aromatic carbocycles. The second-order valence-electron chi connectivity index (χ2n) is 11.0. The number of hydrogen-bond donors (Lipinski definition) is 3. The first-order valence-electron chi connectivity index (χ1n) is 12.9. The van der Waals surface area contributed by atoms with Crippen molar-refractivity contribution >= 4 is 22.5 Å². The summed E-state index contributed by atoms with van der Waals surface area (Å²) in [5.74, 6) is 0.714. The molecule has 2 aliphatic rings. The lowest BCUT2D eigenvalue weighted by atomic mass is 9.96. The molecule has 0 atom stereocenters. The predicted octanol–water partition coefficient (Wildman–Crippen LogP) is 4.80. The molecular weight excluding hydrogens is 448 g/mol. The van der Waals surface area contributed by atoms with Crippen molar-refractivity contribution in [1.29, 1.82) is 0 Å². The lowest BCUT2D eigenvalue weighted by molar-refractivity contribution is 0.515. The quantitative estimate of drug-likeness (QED) is 0.390. The summed E-state index contributed by atoms with van der Waals surface area (Å²) in [5, 5.41) is 7.92. The number of H-pyrrole nitrogens is 1. The molecule has 0 spiro atoms. The number of anilines is 2. The van der Waals surface area contributed by atoms with Crippen LogP contribution in [0.15, 0.2) is 53.5 Å². The van der Waals surface area contributed by atoms with Gasteiger partial charge in [0.05, 0.1) is 17.8 Å². The van der Waals surface area contributed by atoms with E-state index in [2.05, 4.69) is 90.7 Å². The highest BCUT2D eigenvalue weighted by molar-refractivity contribution is 5.98. The minimum Gasteiger partial charge on any atom is -0.369 e. The van der Waals surface area contributed by atoms with Crippen LogP contribution in [-0.2, 0) is 6.54 Å². The Labute approximate surface area is 211 Å². The van der Waals surface area contributed by atoms with Crippen molar-refractivity contribution in [3.05, 3.63) is 64.6 Å². The largest absolute Gasteiger partial charge is 0.369 e. The van der Waals surface area contributed by atoms with E-state index in [4.69, 9.17) is 4.98 Å². The molecule has 36 heavy (non-hydrogen) atoms. The predicted molar refractivity (Wildman–Crippen MR) is 148 cm³/mol. The highest BCUT2D eigenvalue weighted by atomic mass is 16.1. The molecule has 4 aromatic rings. The van der Waals surface area contributed by atoms with E-state index >= 15 is 0 Å². The van der Waals surface area contributed by atoms with Crippen molar-refractivity contribution in [3.8, 4) is 22.4 Å². The molecule has 2 aromatic heterocycles. The molecule has 0 radical (unpaired) electrons. The molecule has 186 valence electrons. The third-order valence-corrected chi connectivity index (χ3v) is 7.40. The Morgan fingerprint density at radius 2 is 1.72 bits per heavy atom. The number of benzene rings is 2. The first kappa shape index (κ1) is 22.9. The smallest absolute Gasteiger partial charge is 0.259 e. The summed E-state index contributed by atoms with van der Waals surface area (Å²) >= 11 is 0. The molecule has 1 fully saturated rings. The highest BCUT2D eigenvalue weighted by Gasteiger charge is 2.32. The summed E-state index contributed by atoms with van der Waals surface area (Å²) in [5.41, 5.74) is 7.00. The van der Waals surface area contributed by atoms with Crippen LogP contribution in [0.4, 0.5) is 11.6 Å². The fourth-order valence-electron chi connectivity index (χ4n) is 5.56. The monoisotopic (exact) mass is 482 g/mol. The average molecular weight is 483 g/mol. The molecule has 0 bridgehead atoms. The van der Waals surface area contributed by atoms with Crippen molar-refractivity contribution in [2.75, 3.05) is 36.4 Å². The number of aromatic amines is 1. The van der Waals surface area contributed by atoms with E-state index in [9.17, 15) is 4.79 Å². The Kier molecular flexibility index (Phi) is 5.41. The minimum absolute atomic E-state index is 0.0529. The van der Waals surface area contributed by atoms with Gasteiger partial charge < -0.3 is 20.5 Å². The number of piperazine rings is 1. The van der Waals surface area contributed by atoms with Crippen molar-refractivity contribution in [2.45, 2.75) is 45.7 Å². The van der Waals surface area contributed by atoms with Gasteiger partial charge in [0.1, 0.15) is 0 Å². The zero-order valence-electron chi connectivity index (χ0n) is 21.5. The summed E-state index contributed by atoms with van der Waals surface area (Å²) in [4.78, 5) is 24.4. The highest BCUT2D eigenvalue weighted by Crippen LogP contribution is 2.36. The topological polar surface area (TPSA) is 78.0 Å². The van der Waals surface area contributed by atoms with E-state index in [1.165, 1.54) is 11.3 Å². The Morgan fingerprint density at radius 1 is 1.00 bits per heavy atom. The molecule has 0 saturated carbocycles. The van der Waals surface area contributed by atoms with Crippen LogP contribution in [-0.4, -0.2) is 46.3 Å². The van der Waals surface area contributed by atoms with Gasteiger partial charge in [0.15, 0.2) is 0 Å². The van der Waals surface area contributed by atoms with Crippen LogP contribution in [0.3, 0.4) is 0 Å². The van der Waals surface area contributed by atoms with E-state index in [-0.39, 0.29) is 17.0 Å². The normalized spacial score (nSPS) is 17.0. The van der Waals surface area contributed by atoms with Crippen molar-refractivity contribution in [2.24, 2.45) is 0 Å². The second kappa shape index (κ2) is 8.52. The lowest BCUT2D eigenvalue weighted by Gasteiger charge is -2.29. The number of fused-ring (bicyclic) bond motifs is 2. The molecule has 2 aliphatic heterocycles. The fraction of sp³-hybridized carbons (Fsp3) is 0.379. The van der Waals surface area contributed by atoms with Crippen LogP contribution >= 0.6 is 0 Å². The molecule has 6 rings (SSSR count). The van der Waals surface area contributed by atoms with Gasteiger partial charge in [0, 0.05) is 60.1 Å². The maximum atomic E-state index is 13.6. The Balaban J connectivity index is 1.43. The molecule has 3 N–H and O–H groups in total. The van der Waals surface area contributed by atoms with Crippen LogP contribution in [0.2, 0.25) is 0 Å². The van der Waals surface area contributed by atoms with E-state index in [0.717, 1.165) is 59.5 Å². The van der Waals surface area contributed by atoms with Crippen LogP contribution in [0.1, 0.15) is 39.2 Å². The van der Waals surface area contributed by atoms with Crippen molar-refractivity contribution in [1.82, 2.24) is 19.9 Å². The zero-order valence-corrected chi connectivity index (χ0v) is 21.5. The first-order chi connectivity index (χ1) is 17.3. The Hall–Kier alpha value is -3.58. The van der Waals surface area contributed by atoms with Gasteiger partial charge in [-0.3, -0.25) is 9.36 Å². The molecule has 4 heterocycles. The maximum Gasteiger partial charge on any atom is 0.259 e. The van der Waals surface area contributed by atoms with Crippen LogP contribution in [0, 0.1) is 0 Å². The van der Waals surface area contributed by atoms with Crippen molar-refractivity contribution < 1.29 is 0 Å². The van der Waals surface area contributed by atoms with E-state index in [1.54, 1.807) is 4.57 Å². The Morgan fingerprint density at radius 3 is 2.44 bits per heavy atom. The summed E-state index contributed by atoms with van der Waals surface area (Å²) in [7, 11) is 0. The molecule has 1 saturated heterocycles. The average Bonchev–Trinajstić information content (AvgIpc) is 3.43. The van der Waals surface area contributed by atoms with E-state index in [0.29, 0.717) is 12.5 Å². The summed E-state index contributed by atoms with van der Waals surface area (Å²) in [6.45, 7) is 13.1. The van der Waals surface area contributed by atoms with Gasteiger partial charge in [-0.05, 0) is 55.2 Å². The Bertz CT molecular complexity index is 1490. The van der Waals surface area contributed by atoms with Gasteiger partial charge in [-0.1, -0.05) is 32.0 Å². The van der Waals surface area contributed by atoms with Gasteiger partial charge in [0.25, 0.3) is 5.56 Å². The number of nitrogens with zero attached hydrogens (tertiary/aromatic N) is 3. The van der Waals surface area contributed by atoms with Crippen LogP contribution in [0.25, 0.3) is 33.3 Å². The summed E-state index contributed by atoms with van der Waals surface area (Å²) in [6.07, 6.45) is 1.99. The molecule has 0 aliphatic carbocycles. The number of rotatable bonds is 4. The molecule has 0 unspecified atom stereocenters. The molecular formula is C29H34N6O. The number of hydrogen-bond acceptors (Lipinski definition) is 5. The third-order valence-electron chi connectivity index (χ3n) is 7.40. The maximum absolute atomic E-state index is 13.6. The van der Waals surface area contributed by atoms with Gasteiger partial charge in [-0.15, -0.1) is 0 Å². The summed E-state index contributed by atoms with van der Waals surface area (Å²) in [6, 6.07) is 15.3. The number of nitrogens with one attached hydrogen (secondary N) is 3. The molecule has 0 amide bonds. The van der Waals surface area contributed by atoms with E-state index < -0.39 is 0 Å². The lowest BCUT2D eigenvalue weighted by Crippen LogP contribution is -2.43. The third kappa shape index (κ3) is 3.88. The molecule has 7 heteroatoms. The SMILES string of the molecule is CC(C)c1c(-c2c[nH]c3ccc(-c4ccc(N5CCNCC5)cc4)cc23)nc2n(c1=O)CC(C)(C)N2. The number of aromatic nitrogens is 3. The van der Waals surface area contributed by atoms with E-state index in [1.807, 2.05) is 6.20 Å². The van der Waals surface area contributed by atoms with Gasteiger partial charge >= 0.3 is 0 Å². The van der Waals surface area contributed by atoms with Crippen molar-refractivity contribution in [3.63, 3.8) is 0 Å². The van der Waals surface area contributed by atoms with Crippen LogP contribution in [0.5, 0.6) is 0 Å². The summed E-state index contributed by atoms with van der Waals surface area (Å²) < 4.78 is 1.79. The fourth-order valence-corrected chi connectivity index (χ4v) is 5.56. The standard InChI is InChI=1S/C29H34N6O/c1-18(2)25-26(32-28-33-29(3,4)17-35(28)27(25)36)23-16-31-24-10-7-20(15-22(23)24)19-5-8-21(9-6-19)34-13-11-30-12-14-34/h5-10,15-16,18,30-31H,11-14,17H2,1-4H3,(H,32,33). The first-order valence-corrected chi connectivity index (χ1v) is 12.9. The van der Waals surface area contributed by atoms with Gasteiger partial charge in [0.2, 0.25) is 5.95 Å².